The van der Waals surface area contributed by atoms with E-state index in [-0.39, 0.29) is 17.4 Å². The Labute approximate surface area is 104 Å². The third-order valence-corrected chi connectivity index (χ3v) is 3.06. The van der Waals surface area contributed by atoms with Crippen molar-refractivity contribution < 1.29 is 4.74 Å². The summed E-state index contributed by atoms with van der Waals surface area (Å²) in [5, 5.41) is 3.85. The molecule has 1 aliphatic heterocycles. The maximum Gasteiger partial charge on any atom is 0.224 e. The summed E-state index contributed by atoms with van der Waals surface area (Å²) in [6.07, 6.45) is 3.87. The summed E-state index contributed by atoms with van der Waals surface area (Å²) in [4.78, 5) is 7.84. The fraction of sp³-hybridized carbons (Fsp3) is 0.600. The summed E-state index contributed by atoms with van der Waals surface area (Å²) < 4.78 is 5.58. The van der Waals surface area contributed by atoms with Gasteiger partial charge in [0.2, 0.25) is 5.28 Å². The lowest BCUT2D eigenvalue weighted by atomic mass is 10.1. The largest absolute Gasteiger partial charge is 0.376 e. The first-order valence-corrected chi connectivity index (χ1v) is 5.98. The van der Waals surface area contributed by atoms with Crippen LogP contribution in [0.4, 0.5) is 5.82 Å². The summed E-state index contributed by atoms with van der Waals surface area (Å²) in [6.45, 7) is 2.87. The van der Waals surface area contributed by atoms with Gasteiger partial charge in [-0.3, -0.25) is 0 Å². The predicted molar refractivity (Wildman–Crippen MR) is 64.1 cm³/mol. The maximum absolute atomic E-state index is 5.96. The quantitative estimate of drug-likeness (QED) is 0.851. The topological polar surface area (TPSA) is 47.0 Å². The summed E-state index contributed by atoms with van der Waals surface area (Å²) >= 11 is 11.7. The average Bonchev–Trinajstić information content (AvgIpc) is 2.76. The van der Waals surface area contributed by atoms with Gasteiger partial charge in [-0.25, -0.2) is 4.98 Å². The first kappa shape index (κ1) is 11.9. The Bertz CT molecular complexity index is 369. The van der Waals surface area contributed by atoms with Crippen LogP contribution in [0.5, 0.6) is 0 Å². The van der Waals surface area contributed by atoms with Crippen molar-refractivity contribution in [3.8, 4) is 0 Å². The van der Waals surface area contributed by atoms with Crippen LogP contribution in [-0.4, -0.2) is 28.7 Å². The monoisotopic (exact) mass is 261 g/mol. The van der Waals surface area contributed by atoms with Crippen LogP contribution in [0.2, 0.25) is 10.3 Å². The van der Waals surface area contributed by atoms with Gasteiger partial charge in [0.05, 0.1) is 18.3 Å². The molecule has 1 aromatic heterocycles. The Kier molecular flexibility index (Phi) is 3.84. The molecule has 4 nitrogen and oxygen atoms in total. The van der Waals surface area contributed by atoms with E-state index in [2.05, 4.69) is 15.3 Å². The number of anilines is 1. The average molecular weight is 262 g/mol. The minimum atomic E-state index is 0.158. The number of nitrogens with one attached hydrogen (secondary N) is 1. The SMILES string of the molecule is CC(Nc1nc(Cl)ncc1Cl)C1CCCO1. The number of rotatable bonds is 3. The first-order valence-electron chi connectivity index (χ1n) is 5.23. The van der Waals surface area contributed by atoms with Crippen LogP contribution < -0.4 is 5.32 Å². The van der Waals surface area contributed by atoms with E-state index in [1.54, 1.807) is 0 Å². The zero-order chi connectivity index (χ0) is 11.5. The molecule has 2 unspecified atom stereocenters. The molecule has 0 amide bonds. The number of nitrogens with zero attached hydrogens (tertiary/aromatic N) is 2. The molecular weight excluding hydrogens is 249 g/mol. The molecule has 1 N–H and O–H groups in total. The van der Waals surface area contributed by atoms with Gasteiger partial charge in [0.1, 0.15) is 10.8 Å². The van der Waals surface area contributed by atoms with Gasteiger partial charge in [-0.1, -0.05) is 11.6 Å². The van der Waals surface area contributed by atoms with Gasteiger partial charge in [-0.15, -0.1) is 0 Å². The van der Waals surface area contributed by atoms with Gasteiger partial charge < -0.3 is 10.1 Å². The fourth-order valence-corrected chi connectivity index (χ4v) is 2.03. The van der Waals surface area contributed by atoms with Gasteiger partial charge in [-0.2, -0.15) is 4.98 Å². The zero-order valence-electron chi connectivity index (χ0n) is 8.91. The third-order valence-electron chi connectivity index (χ3n) is 2.60. The lowest BCUT2D eigenvalue weighted by molar-refractivity contribution is 0.0995. The van der Waals surface area contributed by atoms with E-state index in [1.807, 2.05) is 6.92 Å². The van der Waals surface area contributed by atoms with Crippen molar-refractivity contribution in [3.05, 3.63) is 16.5 Å². The number of halogens is 2. The molecule has 2 heterocycles. The zero-order valence-corrected chi connectivity index (χ0v) is 10.4. The van der Waals surface area contributed by atoms with Crippen molar-refractivity contribution in [1.29, 1.82) is 0 Å². The van der Waals surface area contributed by atoms with Crippen molar-refractivity contribution in [2.75, 3.05) is 11.9 Å². The normalized spacial score (nSPS) is 22.1. The molecule has 16 heavy (non-hydrogen) atoms. The Morgan fingerprint density at radius 2 is 2.38 bits per heavy atom. The second-order valence-corrected chi connectivity index (χ2v) is 4.57. The summed E-state index contributed by atoms with van der Waals surface area (Å²) in [5.74, 6) is 0.560. The van der Waals surface area contributed by atoms with Crippen LogP contribution in [0.25, 0.3) is 0 Å². The van der Waals surface area contributed by atoms with Crippen LogP contribution >= 0.6 is 23.2 Å². The van der Waals surface area contributed by atoms with Crippen molar-refractivity contribution in [3.63, 3.8) is 0 Å². The van der Waals surface area contributed by atoms with E-state index >= 15 is 0 Å². The van der Waals surface area contributed by atoms with E-state index in [4.69, 9.17) is 27.9 Å². The highest BCUT2D eigenvalue weighted by molar-refractivity contribution is 6.33. The fourth-order valence-electron chi connectivity index (χ4n) is 1.75. The van der Waals surface area contributed by atoms with Crippen LogP contribution in [0, 0.1) is 0 Å². The lowest BCUT2D eigenvalue weighted by Gasteiger charge is -2.20. The summed E-state index contributed by atoms with van der Waals surface area (Å²) in [6, 6.07) is 0.158. The Hall–Kier alpha value is -0.580. The lowest BCUT2D eigenvalue weighted by Crippen LogP contribution is -2.30. The van der Waals surface area contributed by atoms with E-state index in [0.717, 1.165) is 19.4 Å². The third kappa shape index (κ3) is 2.75. The molecule has 0 aliphatic carbocycles. The molecule has 0 saturated carbocycles. The second kappa shape index (κ2) is 5.17. The van der Waals surface area contributed by atoms with Gasteiger partial charge in [-0.05, 0) is 31.4 Å². The van der Waals surface area contributed by atoms with Gasteiger partial charge in [0, 0.05) is 6.61 Å². The van der Waals surface area contributed by atoms with Crippen LogP contribution in [0.15, 0.2) is 6.20 Å². The van der Waals surface area contributed by atoms with Crippen LogP contribution in [0.3, 0.4) is 0 Å². The van der Waals surface area contributed by atoms with Crippen molar-refractivity contribution in [2.45, 2.75) is 31.9 Å². The van der Waals surface area contributed by atoms with Crippen molar-refractivity contribution >= 4 is 29.0 Å². The molecule has 2 atom stereocenters. The van der Waals surface area contributed by atoms with Crippen molar-refractivity contribution in [1.82, 2.24) is 9.97 Å². The molecule has 0 radical (unpaired) electrons. The Morgan fingerprint density at radius 3 is 3.06 bits per heavy atom. The van der Waals surface area contributed by atoms with E-state index < -0.39 is 0 Å². The first-order chi connectivity index (χ1) is 7.66. The molecule has 1 saturated heterocycles. The minimum Gasteiger partial charge on any atom is -0.376 e. The second-order valence-electron chi connectivity index (χ2n) is 3.82. The van der Waals surface area contributed by atoms with Gasteiger partial charge in [0.15, 0.2) is 0 Å². The van der Waals surface area contributed by atoms with Crippen LogP contribution in [-0.2, 0) is 4.74 Å². The maximum atomic E-state index is 5.96. The molecule has 1 aromatic rings. The number of hydrogen-bond acceptors (Lipinski definition) is 4. The Morgan fingerprint density at radius 1 is 1.56 bits per heavy atom. The van der Waals surface area contributed by atoms with E-state index in [1.165, 1.54) is 6.20 Å². The van der Waals surface area contributed by atoms with Crippen molar-refractivity contribution in [2.24, 2.45) is 0 Å². The highest BCUT2D eigenvalue weighted by Crippen LogP contribution is 2.23. The molecule has 88 valence electrons. The molecular formula is C10H13Cl2N3O. The van der Waals surface area contributed by atoms with E-state index in [9.17, 15) is 0 Å². The molecule has 0 aromatic carbocycles. The summed E-state index contributed by atoms with van der Waals surface area (Å²) in [7, 11) is 0. The molecule has 1 aliphatic rings. The molecule has 6 heteroatoms. The standard InChI is InChI=1S/C10H13Cl2N3O/c1-6(8-3-2-4-16-8)14-9-7(11)5-13-10(12)15-9/h5-6,8H,2-4H2,1H3,(H,13,14,15). The van der Waals surface area contributed by atoms with Gasteiger partial charge in [0.25, 0.3) is 0 Å². The molecule has 0 spiro atoms. The predicted octanol–water partition coefficient (Wildman–Crippen LogP) is 2.76. The van der Waals surface area contributed by atoms with Crippen LogP contribution in [0.1, 0.15) is 19.8 Å². The number of ether oxygens (including phenoxy) is 1. The molecule has 1 fully saturated rings. The number of aromatic nitrogens is 2. The molecule has 0 bridgehead atoms. The minimum absolute atomic E-state index is 0.158. The highest BCUT2D eigenvalue weighted by atomic mass is 35.5. The summed E-state index contributed by atoms with van der Waals surface area (Å²) in [5.41, 5.74) is 0. The number of hydrogen-bond donors (Lipinski definition) is 1. The highest BCUT2D eigenvalue weighted by Gasteiger charge is 2.23. The van der Waals surface area contributed by atoms with Gasteiger partial charge >= 0.3 is 0 Å². The smallest absolute Gasteiger partial charge is 0.224 e. The Balaban J connectivity index is 2.04. The van der Waals surface area contributed by atoms with E-state index in [0.29, 0.717) is 10.8 Å². The molecule has 2 rings (SSSR count).